The predicted octanol–water partition coefficient (Wildman–Crippen LogP) is 3.36. The van der Waals surface area contributed by atoms with Crippen molar-refractivity contribution in [3.8, 4) is 0 Å². The summed E-state index contributed by atoms with van der Waals surface area (Å²) in [4.78, 5) is 27.1. The number of hydrogen-bond donors (Lipinski definition) is 2. The minimum atomic E-state index is -0.317. The first-order chi connectivity index (χ1) is 12.8. The number of carbonyl (C=O) groups excluding carboxylic acids is 2. The minimum Gasteiger partial charge on any atom is -0.378 e. The van der Waals surface area contributed by atoms with Crippen LogP contribution in [0, 0.1) is 6.92 Å². The molecule has 0 aromatic heterocycles. The van der Waals surface area contributed by atoms with Gasteiger partial charge in [-0.15, -0.1) is 0 Å². The van der Waals surface area contributed by atoms with Crippen molar-refractivity contribution in [2.45, 2.75) is 26.8 Å². The number of nitrogens with zero attached hydrogens (tertiary/aromatic N) is 1. The van der Waals surface area contributed by atoms with Crippen molar-refractivity contribution in [1.82, 2.24) is 10.6 Å². The number of hydrogen-bond acceptors (Lipinski definition) is 3. The van der Waals surface area contributed by atoms with Gasteiger partial charge in [0.1, 0.15) is 5.70 Å². The number of aryl methyl sites for hydroxylation is 1. The van der Waals surface area contributed by atoms with Crippen LogP contribution in [0.15, 0.2) is 54.2 Å². The molecule has 0 radical (unpaired) electrons. The molecule has 0 unspecified atom stereocenters. The fourth-order valence-electron chi connectivity index (χ4n) is 2.43. The Bertz CT molecular complexity index is 820. The van der Waals surface area contributed by atoms with Gasteiger partial charge in [0, 0.05) is 31.4 Å². The van der Waals surface area contributed by atoms with Gasteiger partial charge >= 0.3 is 0 Å². The Morgan fingerprint density at radius 2 is 1.56 bits per heavy atom. The Kier molecular flexibility index (Phi) is 6.77. The second-order valence-electron chi connectivity index (χ2n) is 6.99. The molecule has 5 nitrogen and oxygen atoms in total. The third-order valence-corrected chi connectivity index (χ3v) is 3.95. The summed E-state index contributed by atoms with van der Waals surface area (Å²) in [6.45, 7) is 5.72. The molecular formula is C22H27N3O2. The average molecular weight is 365 g/mol. The lowest BCUT2D eigenvalue weighted by Crippen LogP contribution is -2.38. The summed E-state index contributed by atoms with van der Waals surface area (Å²) in [6.07, 6.45) is 1.68. The highest BCUT2D eigenvalue weighted by atomic mass is 16.2. The van der Waals surface area contributed by atoms with E-state index in [1.54, 1.807) is 18.2 Å². The average Bonchev–Trinajstić information content (AvgIpc) is 2.61. The van der Waals surface area contributed by atoms with E-state index in [0.29, 0.717) is 5.56 Å². The SMILES string of the molecule is Cc1ccc(C(=O)NC(=Cc2ccc(N(C)C)cc2)C(=O)NC(C)C)cc1. The topological polar surface area (TPSA) is 61.4 Å². The lowest BCUT2D eigenvalue weighted by atomic mass is 10.1. The number of benzene rings is 2. The van der Waals surface area contributed by atoms with Crippen molar-refractivity contribution < 1.29 is 9.59 Å². The van der Waals surface area contributed by atoms with E-state index in [1.165, 1.54) is 0 Å². The lowest BCUT2D eigenvalue weighted by molar-refractivity contribution is -0.118. The van der Waals surface area contributed by atoms with Gasteiger partial charge in [-0.1, -0.05) is 29.8 Å². The van der Waals surface area contributed by atoms with E-state index >= 15 is 0 Å². The van der Waals surface area contributed by atoms with Gasteiger partial charge in [-0.05, 0) is 56.7 Å². The van der Waals surface area contributed by atoms with Crippen molar-refractivity contribution in [2.24, 2.45) is 0 Å². The van der Waals surface area contributed by atoms with E-state index in [0.717, 1.165) is 16.8 Å². The van der Waals surface area contributed by atoms with Crippen LogP contribution < -0.4 is 15.5 Å². The van der Waals surface area contributed by atoms with Crippen LogP contribution in [0.25, 0.3) is 6.08 Å². The van der Waals surface area contributed by atoms with Gasteiger partial charge in [0.05, 0.1) is 0 Å². The fourth-order valence-corrected chi connectivity index (χ4v) is 2.43. The zero-order valence-electron chi connectivity index (χ0n) is 16.5. The van der Waals surface area contributed by atoms with Crippen molar-refractivity contribution in [2.75, 3.05) is 19.0 Å². The van der Waals surface area contributed by atoms with Crippen LogP contribution in [0.1, 0.15) is 35.3 Å². The van der Waals surface area contributed by atoms with Crippen LogP contribution in [0.2, 0.25) is 0 Å². The molecule has 2 amide bonds. The zero-order valence-corrected chi connectivity index (χ0v) is 16.5. The number of nitrogens with one attached hydrogen (secondary N) is 2. The van der Waals surface area contributed by atoms with E-state index in [-0.39, 0.29) is 23.6 Å². The second-order valence-corrected chi connectivity index (χ2v) is 6.99. The van der Waals surface area contributed by atoms with Crippen molar-refractivity contribution in [3.63, 3.8) is 0 Å². The summed E-state index contributed by atoms with van der Waals surface area (Å²) in [5.74, 6) is -0.632. The maximum absolute atomic E-state index is 12.6. The molecule has 0 saturated carbocycles. The van der Waals surface area contributed by atoms with Crippen LogP contribution in [0.5, 0.6) is 0 Å². The first-order valence-corrected chi connectivity index (χ1v) is 8.94. The molecule has 0 aliphatic rings. The number of rotatable bonds is 6. The highest BCUT2D eigenvalue weighted by Crippen LogP contribution is 2.15. The van der Waals surface area contributed by atoms with E-state index in [4.69, 9.17) is 0 Å². The van der Waals surface area contributed by atoms with Gasteiger partial charge in [-0.2, -0.15) is 0 Å². The van der Waals surface area contributed by atoms with Crippen molar-refractivity contribution in [1.29, 1.82) is 0 Å². The van der Waals surface area contributed by atoms with Crippen LogP contribution in [0.4, 0.5) is 5.69 Å². The summed E-state index contributed by atoms with van der Waals surface area (Å²) < 4.78 is 0. The Labute approximate surface area is 161 Å². The van der Waals surface area contributed by atoms with Crippen molar-refractivity contribution in [3.05, 3.63) is 70.9 Å². The minimum absolute atomic E-state index is 0.0340. The first-order valence-electron chi connectivity index (χ1n) is 8.94. The molecule has 2 N–H and O–H groups in total. The molecule has 0 atom stereocenters. The van der Waals surface area contributed by atoms with Crippen LogP contribution >= 0.6 is 0 Å². The number of amides is 2. The Morgan fingerprint density at radius 3 is 2.07 bits per heavy atom. The Morgan fingerprint density at radius 1 is 0.963 bits per heavy atom. The van der Waals surface area contributed by atoms with Crippen LogP contribution in [-0.4, -0.2) is 32.0 Å². The van der Waals surface area contributed by atoms with Gasteiger partial charge in [0.25, 0.3) is 11.8 Å². The summed E-state index contributed by atoms with van der Waals surface area (Å²) in [5.41, 5.74) is 3.68. The quantitative estimate of drug-likeness (QED) is 0.772. The summed E-state index contributed by atoms with van der Waals surface area (Å²) >= 11 is 0. The van der Waals surface area contributed by atoms with Gasteiger partial charge < -0.3 is 15.5 Å². The summed E-state index contributed by atoms with van der Waals surface area (Å²) in [5, 5.41) is 5.57. The second kappa shape index (κ2) is 9.03. The lowest BCUT2D eigenvalue weighted by Gasteiger charge is -2.14. The molecule has 0 aliphatic carbocycles. The largest absolute Gasteiger partial charge is 0.378 e. The maximum atomic E-state index is 12.6. The molecule has 0 fully saturated rings. The molecule has 2 aromatic carbocycles. The van der Waals surface area contributed by atoms with Gasteiger partial charge in [0.15, 0.2) is 0 Å². The third-order valence-electron chi connectivity index (χ3n) is 3.95. The molecule has 0 spiro atoms. The van der Waals surface area contributed by atoms with Gasteiger partial charge in [-0.25, -0.2) is 0 Å². The molecular weight excluding hydrogens is 338 g/mol. The monoisotopic (exact) mass is 365 g/mol. The highest BCUT2D eigenvalue weighted by Gasteiger charge is 2.15. The third kappa shape index (κ3) is 5.99. The normalized spacial score (nSPS) is 11.3. The molecule has 142 valence electrons. The Hall–Kier alpha value is -3.08. The number of anilines is 1. The molecule has 0 heterocycles. The first kappa shape index (κ1) is 20.2. The van der Waals surface area contributed by atoms with E-state index in [9.17, 15) is 9.59 Å². The van der Waals surface area contributed by atoms with E-state index in [2.05, 4.69) is 10.6 Å². The molecule has 0 saturated heterocycles. The molecule has 5 heteroatoms. The van der Waals surface area contributed by atoms with Crippen LogP contribution in [0.3, 0.4) is 0 Å². The molecule has 0 aliphatic heterocycles. The molecule has 2 aromatic rings. The molecule has 27 heavy (non-hydrogen) atoms. The predicted molar refractivity (Wildman–Crippen MR) is 111 cm³/mol. The maximum Gasteiger partial charge on any atom is 0.268 e. The fraction of sp³-hybridized carbons (Fsp3) is 0.273. The Balaban J connectivity index is 2.28. The summed E-state index contributed by atoms with van der Waals surface area (Å²) in [7, 11) is 3.93. The van der Waals surface area contributed by atoms with Crippen molar-refractivity contribution >= 4 is 23.6 Å². The highest BCUT2D eigenvalue weighted by molar-refractivity contribution is 6.05. The summed E-state index contributed by atoms with van der Waals surface area (Å²) in [6, 6.07) is 14.9. The zero-order chi connectivity index (χ0) is 20.0. The van der Waals surface area contributed by atoms with Gasteiger partial charge in [-0.3, -0.25) is 9.59 Å². The number of carbonyl (C=O) groups is 2. The smallest absolute Gasteiger partial charge is 0.268 e. The standard InChI is InChI=1S/C22H27N3O2/c1-15(2)23-22(27)20(14-17-8-12-19(13-9-17)25(4)5)24-21(26)18-10-6-16(3)7-11-18/h6-15H,1-5H3,(H,23,27)(H,24,26). The molecule has 2 rings (SSSR count). The molecule has 0 bridgehead atoms. The van der Waals surface area contributed by atoms with Gasteiger partial charge in [0.2, 0.25) is 0 Å². The van der Waals surface area contributed by atoms with E-state index in [1.807, 2.05) is 76.2 Å². The van der Waals surface area contributed by atoms with Crippen LogP contribution in [-0.2, 0) is 4.79 Å². The van der Waals surface area contributed by atoms with E-state index < -0.39 is 0 Å².